The van der Waals surface area contributed by atoms with E-state index in [1.165, 1.54) is 11.8 Å². The van der Waals surface area contributed by atoms with Crippen molar-refractivity contribution < 1.29 is 14.3 Å². The van der Waals surface area contributed by atoms with Gasteiger partial charge in [-0.3, -0.25) is 14.5 Å². The van der Waals surface area contributed by atoms with Crippen molar-refractivity contribution in [2.45, 2.75) is 25.5 Å². The lowest BCUT2D eigenvalue weighted by Crippen LogP contribution is -2.33. The molecule has 1 heterocycles. The fourth-order valence-corrected chi connectivity index (χ4v) is 4.29. The van der Waals surface area contributed by atoms with Crippen LogP contribution in [-0.4, -0.2) is 40.3 Å². The quantitative estimate of drug-likeness (QED) is 0.688. The van der Waals surface area contributed by atoms with E-state index in [9.17, 15) is 9.59 Å². The minimum absolute atomic E-state index is 0.0629. The molecule has 2 aromatic carbocycles. The van der Waals surface area contributed by atoms with Gasteiger partial charge in [-0.1, -0.05) is 35.5 Å². The molecule has 6 nitrogen and oxygen atoms in total. The Bertz CT molecular complexity index is 935. The van der Waals surface area contributed by atoms with Crippen molar-refractivity contribution in [3.63, 3.8) is 0 Å². The monoisotopic (exact) mass is 431 g/mol. The molecule has 1 atom stereocenters. The fraction of sp³-hybridized carbons (Fsp3) is 0.286. The van der Waals surface area contributed by atoms with Crippen molar-refractivity contribution in [2.75, 3.05) is 18.5 Å². The van der Waals surface area contributed by atoms with Crippen molar-refractivity contribution in [3.05, 3.63) is 53.6 Å². The van der Waals surface area contributed by atoms with E-state index in [1.54, 1.807) is 35.2 Å². The fourth-order valence-electron chi connectivity index (χ4n) is 2.88. The van der Waals surface area contributed by atoms with Crippen LogP contribution in [0.2, 0.25) is 5.02 Å². The van der Waals surface area contributed by atoms with Crippen molar-refractivity contribution in [3.8, 4) is 5.75 Å². The number of hydrogen-bond donors (Lipinski definition) is 1. The number of benzene rings is 2. The average molecular weight is 432 g/mol. The summed E-state index contributed by atoms with van der Waals surface area (Å²) in [4.78, 5) is 31.4. The summed E-state index contributed by atoms with van der Waals surface area (Å²) in [5.41, 5.74) is 1.31. The topological polar surface area (TPSA) is 71.0 Å². The number of carbonyl (C=O) groups excluding carboxylic acids is 2. The Morgan fingerprint density at radius 1 is 1.24 bits per heavy atom. The number of rotatable bonds is 7. The van der Waals surface area contributed by atoms with Gasteiger partial charge >= 0.3 is 0 Å². The summed E-state index contributed by atoms with van der Waals surface area (Å²) in [6.07, 6.45) is 0.0629. The summed E-state index contributed by atoms with van der Waals surface area (Å²) in [7, 11) is 0. The Balaban J connectivity index is 1.68. The second-order valence-electron chi connectivity index (χ2n) is 6.28. The number of thioether (sulfide) groups is 1. The van der Waals surface area contributed by atoms with Gasteiger partial charge in [0.15, 0.2) is 5.17 Å². The molecule has 1 N–H and O–H groups in total. The Morgan fingerprint density at radius 3 is 2.76 bits per heavy atom. The number of halogens is 1. The van der Waals surface area contributed by atoms with Crippen LogP contribution < -0.4 is 10.1 Å². The molecular formula is C21H22ClN3O3S. The van der Waals surface area contributed by atoms with Crippen molar-refractivity contribution >= 4 is 51.7 Å². The molecule has 1 fully saturated rings. The van der Waals surface area contributed by atoms with Gasteiger partial charge in [0.1, 0.15) is 11.0 Å². The molecule has 0 bridgehead atoms. The van der Waals surface area contributed by atoms with Crippen molar-refractivity contribution in [1.82, 2.24) is 4.90 Å². The van der Waals surface area contributed by atoms with E-state index in [2.05, 4.69) is 10.3 Å². The lowest BCUT2D eigenvalue weighted by molar-refractivity contribution is -0.128. The number of nitrogens with zero attached hydrogens (tertiary/aromatic N) is 2. The highest BCUT2D eigenvalue weighted by molar-refractivity contribution is 8.15. The molecule has 0 spiro atoms. The Hall–Kier alpha value is -2.51. The second-order valence-corrected chi connectivity index (χ2v) is 7.88. The van der Waals surface area contributed by atoms with Crippen LogP contribution in [0.1, 0.15) is 20.3 Å². The van der Waals surface area contributed by atoms with Crippen LogP contribution in [0.3, 0.4) is 0 Å². The normalized spacial score (nSPS) is 17.6. The van der Waals surface area contributed by atoms with Gasteiger partial charge in [0.2, 0.25) is 11.8 Å². The molecule has 0 aliphatic carbocycles. The minimum Gasteiger partial charge on any atom is -0.494 e. The van der Waals surface area contributed by atoms with Crippen LogP contribution in [0.5, 0.6) is 5.75 Å². The molecule has 0 aromatic heterocycles. The van der Waals surface area contributed by atoms with Gasteiger partial charge in [-0.25, -0.2) is 4.99 Å². The molecule has 2 aromatic rings. The Kier molecular flexibility index (Phi) is 7.17. The highest BCUT2D eigenvalue weighted by atomic mass is 35.5. The van der Waals surface area contributed by atoms with Crippen molar-refractivity contribution in [1.29, 1.82) is 0 Å². The summed E-state index contributed by atoms with van der Waals surface area (Å²) in [5.74, 6) is 0.339. The molecule has 29 heavy (non-hydrogen) atoms. The summed E-state index contributed by atoms with van der Waals surface area (Å²) in [6.45, 7) is 4.82. The lowest BCUT2D eigenvalue weighted by Gasteiger charge is -2.13. The molecule has 0 radical (unpaired) electrons. The minimum atomic E-state index is -0.511. The van der Waals surface area contributed by atoms with E-state index < -0.39 is 5.25 Å². The molecule has 0 unspecified atom stereocenters. The number of anilines is 1. The zero-order valence-electron chi connectivity index (χ0n) is 16.2. The largest absolute Gasteiger partial charge is 0.494 e. The maximum Gasteiger partial charge on any atom is 0.242 e. The average Bonchev–Trinajstić information content (AvgIpc) is 2.96. The Labute approximate surface area is 179 Å². The molecule has 2 amide bonds. The van der Waals surface area contributed by atoms with E-state index in [0.717, 1.165) is 0 Å². The number of carbonyl (C=O) groups is 2. The van der Waals surface area contributed by atoms with Gasteiger partial charge < -0.3 is 10.1 Å². The molecular weight excluding hydrogens is 410 g/mol. The summed E-state index contributed by atoms with van der Waals surface area (Å²) in [5, 5.41) is 3.48. The van der Waals surface area contributed by atoms with Crippen molar-refractivity contribution in [2.24, 2.45) is 4.99 Å². The molecule has 152 valence electrons. The van der Waals surface area contributed by atoms with Gasteiger partial charge in [-0.15, -0.1) is 0 Å². The summed E-state index contributed by atoms with van der Waals surface area (Å²) >= 11 is 7.32. The third-order valence-electron chi connectivity index (χ3n) is 4.17. The zero-order chi connectivity index (χ0) is 20.8. The highest BCUT2D eigenvalue weighted by Crippen LogP contribution is 2.32. The molecule has 3 rings (SSSR count). The smallest absolute Gasteiger partial charge is 0.242 e. The molecule has 0 saturated carbocycles. The molecule has 1 saturated heterocycles. The zero-order valence-corrected chi connectivity index (χ0v) is 17.8. The van der Waals surface area contributed by atoms with Crippen LogP contribution in [0.15, 0.2) is 53.5 Å². The maximum atomic E-state index is 12.7. The van der Waals surface area contributed by atoms with Gasteiger partial charge in [-0.05, 0) is 44.2 Å². The van der Waals surface area contributed by atoms with Gasteiger partial charge in [0.25, 0.3) is 0 Å². The summed E-state index contributed by atoms with van der Waals surface area (Å²) < 4.78 is 5.44. The van der Waals surface area contributed by atoms with Crippen LogP contribution in [0.4, 0.5) is 11.4 Å². The molecule has 8 heteroatoms. The number of nitrogens with one attached hydrogen (secondary N) is 1. The lowest BCUT2D eigenvalue weighted by atomic mass is 10.2. The van der Waals surface area contributed by atoms with Crippen LogP contribution in [0, 0.1) is 0 Å². The van der Waals surface area contributed by atoms with E-state index in [0.29, 0.717) is 40.5 Å². The first-order chi connectivity index (χ1) is 14.0. The third kappa shape index (κ3) is 5.52. The first-order valence-electron chi connectivity index (χ1n) is 9.35. The molecule has 1 aliphatic heterocycles. The van der Waals surface area contributed by atoms with Gasteiger partial charge in [0.05, 0.1) is 12.3 Å². The maximum absolute atomic E-state index is 12.7. The van der Waals surface area contributed by atoms with E-state index in [1.807, 2.05) is 32.0 Å². The highest BCUT2D eigenvalue weighted by Gasteiger charge is 2.38. The van der Waals surface area contributed by atoms with Crippen LogP contribution in [-0.2, 0) is 9.59 Å². The standard InChI is InChI=1S/C21H22ClN3O3S/c1-3-25-20(27)18(29-21(25)24-15-8-5-7-14(22)11-15)13-19(26)23-16-9-6-10-17(12-16)28-4-2/h5-12,18H,3-4,13H2,1-2H3,(H,23,26)/t18-/m1/s1. The van der Waals surface area contributed by atoms with E-state index >= 15 is 0 Å². The third-order valence-corrected chi connectivity index (χ3v) is 5.58. The van der Waals surface area contributed by atoms with Gasteiger partial charge in [0, 0.05) is 29.7 Å². The first-order valence-corrected chi connectivity index (χ1v) is 10.6. The number of hydrogen-bond acceptors (Lipinski definition) is 5. The SMILES string of the molecule is CCOc1cccc(NC(=O)C[C@H]2SC(=Nc3cccc(Cl)c3)N(CC)C2=O)c1. The number of amidine groups is 1. The first kappa shape index (κ1) is 21.2. The van der Waals surface area contributed by atoms with Gasteiger partial charge in [-0.2, -0.15) is 0 Å². The number of aliphatic imine (C=N–C) groups is 1. The number of amides is 2. The van der Waals surface area contributed by atoms with Crippen LogP contribution >= 0.6 is 23.4 Å². The molecule has 1 aliphatic rings. The second kappa shape index (κ2) is 9.80. The van der Waals surface area contributed by atoms with E-state index in [-0.39, 0.29) is 18.2 Å². The summed E-state index contributed by atoms with van der Waals surface area (Å²) in [6, 6.07) is 14.3. The number of ether oxygens (including phenoxy) is 1. The predicted molar refractivity (Wildman–Crippen MR) is 118 cm³/mol. The van der Waals surface area contributed by atoms with E-state index in [4.69, 9.17) is 16.3 Å². The van der Waals surface area contributed by atoms with Crippen LogP contribution in [0.25, 0.3) is 0 Å². The Morgan fingerprint density at radius 2 is 2.03 bits per heavy atom. The predicted octanol–water partition coefficient (Wildman–Crippen LogP) is 4.72.